The van der Waals surface area contributed by atoms with Gasteiger partial charge < -0.3 is 15.8 Å². The first-order valence-electron chi connectivity index (χ1n) is 6.28. The van der Waals surface area contributed by atoms with Gasteiger partial charge in [-0.15, -0.1) is 0 Å². The number of carbonyl (C=O) groups excluding carboxylic acids is 1. The molecule has 1 fully saturated rings. The molecular formula is C14H20N2O2. The molecule has 1 amide bonds. The van der Waals surface area contributed by atoms with E-state index in [-0.39, 0.29) is 12.0 Å². The standard InChI is InChI=1S/C14H20N2O2/c1-9(2)18-12-5-4-11(8-10(12)3)16-13(17)14(15)6-7-14/h4-5,8-9H,6-7,15H2,1-3H3,(H,16,17). The number of rotatable bonds is 4. The van der Waals surface area contributed by atoms with Crippen LogP contribution in [0.3, 0.4) is 0 Å². The molecule has 1 aliphatic carbocycles. The van der Waals surface area contributed by atoms with E-state index in [9.17, 15) is 4.79 Å². The van der Waals surface area contributed by atoms with Gasteiger partial charge in [0.2, 0.25) is 5.91 Å². The van der Waals surface area contributed by atoms with Crippen LogP contribution in [0.2, 0.25) is 0 Å². The van der Waals surface area contributed by atoms with Gasteiger partial charge in [-0.05, 0) is 57.4 Å². The molecule has 3 N–H and O–H groups in total. The maximum Gasteiger partial charge on any atom is 0.244 e. The molecule has 0 aliphatic heterocycles. The van der Waals surface area contributed by atoms with Crippen LogP contribution in [0.25, 0.3) is 0 Å². The number of aryl methyl sites for hydroxylation is 1. The Balaban J connectivity index is 2.06. The Morgan fingerprint density at radius 2 is 2.11 bits per heavy atom. The van der Waals surface area contributed by atoms with Crippen LogP contribution in [0, 0.1) is 6.92 Å². The number of amides is 1. The van der Waals surface area contributed by atoms with Gasteiger partial charge in [0.1, 0.15) is 5.75 Å². The van der Waals surface area contributed by atoms with Crippen molar-refractivity contribution in [3.63, 3.8) is 0 Å². The molecule has 4 nitrogen and oxygen atoms in total. The molecule has 0 bridgehead atoms. The third-order valence-corrected chi connectivity index (χ3v) is 3.04. The van der Waals surface area contributed by atoms with Crippen LogP contribution in [0.15, 0.2) is 18.2 Å². The summed E-state index contributed by atoms with van der Waals surface area (Å²) in [6, 6.07) is 5.62. The Labute approximate surface area is 108 Å². The number of ether oxygens (including phenoxy) is 1. The summed E-state index contributed by atoms with van der Waals surface area (Å²) in [6.07, 6.45) is 1.68. The minimum Gasteiger partial charge on any atom is -0.491 e. The number of hydrogen-bond donors (Lipinski definition) is 2. The molecule has 4 heteroatoms. The highest BCUT2D eigenvalue weighted by Crippen LogP contribution is 2.33. The fraction of sp³-hybridized carbons (Fsp3) is 0.500. The van der Waals surface area contributed by atoms with Crippen LogP contribution in [0.1, 0.15) is 32.3 Å². The van der Waals surface area contributed by atoms with Crippen LogP contribution in [-0.2, 0) is 4.79 Å². The summed E-state index contributed by atoms with van der Waals surface area (Å²) < 4.78 is 5.65. The predicted molar refractivity (Wildman–Crippen MR) is 71.7 cm³/mol. The number of nitrogens with one attached hydrogen (secondary N) is 1. The van der Waals surface area contributed by atoms with Gasteiger partial charge in [0.25, 0.3) is 0 Å². The molecular weight excluding hydrogens is 228 g/mol. The van der Waals surface area contributed by atoms with E-state index in [2.05, 4.69) is 5.32 Å². The van der Waals surface area contributed by atoms with Gasteiger partial charge >= 0.3 is 0 Å². The summed E-state index contributed by atoms with van der Waals surface area (Å²) in [5.74, 6) is 0.747. The second-order valence-corrected chi connectivity index (χ2v) is 5.26. The first kappa shape index (κ1) is 12.9. The summed E-state index contributed by atoms with van der Waals surface area (Å²) in [5, 5.41) is 2.85. The average molecular weight is 248 g/mol. The van der Waals surface area contributed by atoms with E-state index in [1.165, 1.54) is 0 Å². The monoisotopic (exact) mass is 248 g/mol. The smallest absolute Gasteiger partial charge is 0.244 e. The molecule has 1 saturated carbocycles. The van der Waals surface area contributed by atoms with E-state index < -0.39 is 5.54 Å². The van der Waals surface area contributed by atoms with E-state index in [4.69, 9.17) is 10.5 Å². The van der Waals surface area contributed by atoms with Gasteiger partial charge in [0, 0.05) is 5.69 Å². The van der Waals surface area contributed by atoms with Crippen LogP contribution < -0.4 is 15.8 Å². The molecule has 0 saturated heterocycles. The molecule has 0 spiro atoms. The first-order valence-corrected chi connectivity index (χ1v) is 6.28. The largest absolute Gasteiger partial charge is 0.491 e. The first-order chi connectivity index (χ1) is 8.40. The Kier molecular flexibility index (Phi) is 3.30. The molecule has 0 unspecified atom stereocenters. The molecule has 98 valence electrons. The molecule has 0 atom stereocenters. The van der Waals surface area contributed by atoms with E-state index >= 15 is 0 Å². The van der Waals surface area contributed by atoms with Crippen molar-refractivity contribution in [1.29, 1.82) is 0 Å². The zero-order valence-electron chi connectivity index (χ0n) is 11.1. The number of benzene rings is 1. The number of hydrogen-bond acceptors (Lipinski definition) is 3. The van der Waals surface area contributed by atoms with Crippen LogP contribution >= 0.6 is 0 Å². The fourth-order valence-electron chi connectivity index (χ4n) is 1.73. The fourth-order valence-corrected chi connectivity index (χ4v) is 1.73. The van der Waals surface area contributed by atoms with Crippen LogP contribution in [-0.4, -0.2) is 17.6 Å². The van der Waals surface area contributed by atoms with Gasteiger partial charge in [-0.25, -0.2) is 0 Å². The predicted octanol–water partition coefficient (Wildman–Crippen LogP) is 2.21. The molecule has 1 aromatic rings. The van der Waals surface area contributed by atoms with Crippen molar-refractivity contribution in [2.75, 3.05) is 5.32 Å². The highest BCUT2D eigenvalue weighted by molar-refractivity contribution is 6.00. The normalized spacial score (nSPS) is 16.5. The molecule has 0 aromatic heterocycles. The second-order valence-electron chi connectivity index (χ2n) is 5.26. The highest BCUT2D eigenvalue weighted by Gasteiger charge is 2.45. The van der Waals surface area contributed by atoms with Crippen LogP contribution in [0.5, 0.6) is 5.75 Å². The summed E-state index contributed by atoms with van der Waals surface area (Å²) >= 11 is 0. The molecule has 0 radical (unpaired) electrons. The topological polar surface area (TPSA) is 64.4 Å². The molecule has 0 heterocycles. The van der Waals surface area contributed by atoms with Crippen molar-refractivity contribution in [2.24, 2.45) is 5.73 Å². The summed E-state index contributed by atoms with van der Waals surface area (Å²) in [6.45, 7) is 5.93. The SMILES string of the molecule is Cc1cc(NC(=O)C2(N)CC2)ccc1OC(C)C. The van der Waals surface area contributed by atoms with Crippen molar-refractivity contribution in [1.82, 2.24) is 0 Å². The Bertz CT molecular complexity index is 465. The third-order valence-electron chi connectivity index (χ3n) is 3.04. The lowest BCUT2D eigenvalue weighted by Gasteiger charge is -2.15. The van der Waals surface area contributed by atoms with Crippen molar-refractivity contribution in [2.45, 2.75) is 45.3 Å². The molecule has 1 aromatic carbocycles. The molecule has 18 heavy (non-hydrogen) atoms. The van der Waals surface area contributed by atoms with Crippen molar-refractivity contribution >= 4 is 11.6 Å². The third kappa shape index (κ3) is 2.82. The van der Waals surface area contributed by atoms with Gasteiger partial charge in [-0.3, -0.25) is 4.79 Å². The van der Waals surface area contributed by atoms with Crippen molar-refractivity contribution < 1.29 is 9.53 Å². The average Bonchev–Trinajstić information content (AvgIpc) is 3.01. The Morgan fingerprint density at radius 1 is 1.44 bits per heavy atom. The van der Waals surface area contributed by atoms with Gasteiger partial charge in [0.15, 0.2) is 0 Å². The quantitative estimate of drug-likeness (QED) is 0.858. The highest BCUT2D eigenvalue weighted by atomic mass is 16.5. The minimum absolute atomic E-state index is 0.0978. The maximum absolute atomic E-state index is 11.8. The molecule has 2 rings (SSSR count). The zero-order chi connectivity index (χ0) is 13.3. The molecule has 1 aliphatic rings. The lowest BCUT2D eigenvalue weighted by molar-refractivity contribution is -0.118. The summed E-state index contributed by atoms with van der Waals surface area (Å²) in [5.41, 5.74) is 6.97. The van der Waals surface area contributed by atoms with E-state index in [1.807, 2.05) is 39.0 Å². The Hall–Kier alpha value is -1.55. The Morgan fingerprint density at radius 3 is 2.61 bits per heavy atom. The number of anilines is 1. The van der Waals surface area contributed by atoms with Gasteiger partial charge in [-0.1, -0.05) is 0 Å². The lowest BCUT2D eigenvalue weighted by Crippen LogP contribution is -2.37. The summed E-state index contributed by atoms with van der Waals surface area (Å²) in [4.78, 5) is 11.8. The van der Waals surface area contributed by atoms with E-state index in [0.29, 0.717) is 0 Å². The number of carbonyl (C=O) groups is 1. The van der Waals surface area contributed by atoms with E-state index in [0.717, 1.165) is 29.8 Å². The lowest BCUT2D eigenvalue weighted by atomic mass is 10.2. The van der Waals surface area contributed by atoms with Gasteiger partial charge in [0.05, 0.1) is 11.6 Å². The van der Waals surface area contributed by atoms with E-state index in [1.54, 1.807) is 0 Å². The minimum atomic E-state index is -0.638. The summed E-state index contributed by atoms with van der Waals surface area (Å²) in [7, 11) is 0. The maximum atomic E-state index is 11.8. The van der Waals surface area contributed by atoms with Crippen molar-refractivity contribution in [3.8, 4) is 5.75 Å². The second kappa shape index (κ2) is 4.61. The van der Waals surface area contributed by atoms with Crippen LogP contribution in [0.4, 0.5) is 5.69 Å². The number of nitrogens with two attached hydrogens (primary N) is 1. The van der Waals surface area contributed by atoms with Crippen molar-refractivity contribution in [3.05, 3.63) is 23.8 Å². The van der Waals surface area contributed by atoms with Gasteiger partial charge in [-0.2, -0.15) is 0 Å². The zero-order valence-corrected chi connectivity index (χ0v) is 11.1.